The predicted octanol–water partition coefficient (Wildman–Crippen LogP) is 4.95. The zero-order chi connectivity index (χ0) is 13.1. The molecule has 0 bridgehead atoms. The molecule has 1 atom stereocenters. The predicted molar refractivity (Wildman–Crippen MR) is 72.9 cm³/mol. The van der Waals surface area contributed by atoms with Crippen LogP contribution in [-0.4, -0.2) is 0 Å². The Labute approximate surface area is 114 Å². The molecule has 0 aliphatic heterocycles. The van der Waals surface area contributed by atoms with Crippen molar-refractivity contribution in [3.05, 3.63) is 70.8 Å². The van der Waals surface area contributed by atoms with Gasteiger partial charge in [0.25, 0.3) is 0 Å². The molecule has 0 amide bonds. The first kappa shape index (κ1) is 13.2. The molecule has 2 rings (SSSR count). The van der Waals surface area contributed by atoms with Gasteiger partial charge in [0.1, 0.15) is 11.6 Å². The maximum Gasteiger partial charge on any atom is 0.130 e. The van der Waals surface area contributed by atoms with Crippen molar-refractivity contribution in [2.45, 2.75) is 18.2 Å². The number of alkyl halides is 1. The molecule has 0 aliphatic rings. The highest BCUT2D eigenvalue weighted by Gasteiger charge is 2.17. The van der Waals surface area contributed by atoms with Crippen molar-refractivity contribution < 1.29 is 8.78 Å². The zero-order valence-electron chi connectivity index (χ0n) is 9.96. The number of halogens is 3. The van der Waals surface area contributed by atoms with Crippen LogP contribution in [0.4, 0.5) is 8.78 Å². The number of hydrogen-bond acceptors (Lipinski definition) is 0. The Balaban J connectivity index is 2.22. The van der Waals surface area contributed by atoms with Crippen molar-refractivity contribution >= 4 is 15.9 Å². The van der Waals surface area contributed by atoms with Crippen LogP contribution in [0.1, 0.15) is 21.5 Å². The van der Waals surface area contributed by atoms with Crippen molar-refractivity contribution in [2.75, 3.05) is 0 Å². The Morgan fingerprint density at radius 3 is 2.11 bits per heavy atom. The number of benzene rings is 2. The monoisotopic (exact) mass is 310 g/mol. The molecular weight excluding hydrogens is 298 g/mol. The summed E-state index contributed by atoms with van der Waals surface area (Å²) in [6.45, 7) is 2.01. The van der Waals surface area contributed by atoms with Crippen LogP contribution in [0.15, 0.2) is 42.5 Å². The molecule has 0 radical (unpaired) electrons. The van der Waals surface area contributed by atoms with Crippen LogP contribution in [0.5, 0.6) is 0 Å². The minimum Gasteiger partial charge on any atom is -0.207 e. The van der Waals surface area contributed by atoms with E-state index in [9.17, 15) is 8.78 Å². The minimum atomic E-state index is -0.510. The molecule has 0 aliphatic carbocycles. The van der Waals surface area contributed by atoms with Crippen LogP contribution in [0.25, 0.3) is 0 Å². The van der Waals surface area contributed by atoms with E-state index in [0.29, 0.717) is 6.42 Å². The van der Waals surface area contributed by atoms with Gasteiger partial charge in [0.15, 0.2) is 0 Å². The van der Waals surface area contributed by atoms with Gasteiger partial charge >= 0.3 is 0 Å². The molecule has 0 saturated carbocycles. The zero-order valence-corrected chi connectivity index (χ0v) is 11.5. The summed E-state index contributed by atoms with van der Waals surface area (Å²) in [7, 11) is 0. The summed E-state index contributed by atoms with van der Waals surface area (Å²) >= 11 is 3.36. The smallest absolute Gasteiger partial charge is 0.130 e. The largest absolute Gasteiger partial charge is 0.207 e. The Hall–Kier alpha value is -1.22. The van der Waals surface area contributed by atoms with E-state index in [1.807, 2.05) is 31.2 Å². The van der Waals surface area contributed by atoms with Crippen molar-refractivity contribution in [1.29, 1.82) is 0 Å². The summed E-state index contributed by atoms with van der Waals surface area (Å²) in [5.74, 6) is -1.02. The van der Waals surface area contributed by atoms with Crippen LogP contribution in [0, 0.1) is 18.6 Å². The van der Waals surface area contributed by atoms with Crippen LogP contribution in [0.2, 0.25) is 0 Å². The van der Waals surface area contributed by atoms with Crippen molar-refractivity contribution in [2.24, 2.45) is 0 Å². The van der Waals surface area contributed by atoms with Gasteiger partial charge in [-0.1, -0.05) is 51.8 Å². The molecule has 0 aromatic heterocycles. The van der Waals surface area contributed by atoms with E-state index in [0.717, 1.165) is 5.56 Å². The third kappa shape index (κ3) is 2.96. The molecule has 2 aromatic carbocycles. The minimum absolute atomic E-state index is 0.0954. The summed E-state index contributed by atoms with van der Waals surface area (Å²) in [4.78, 5) is -0.360. The Morgan fingerprint density at radius 2 is 1.56 bits per heavy atom. The van der Waals surface area contributed by atoms with E-state index < -0.39 is 11.6 Å². The normalized spacial score (nSPS) is 12.4. The lowest BCUT2D eigenvalue weighted by Crippen LogP contribution is -2.02. The SMILES string of the molecule is Cc1ccc(CC(Br)c2c(F)cccc2F)cc1. The Kier molecular flexibility index (Phi) is 4.12. The van der Waals surface area contributed by atoms with Gasteiger partial charge in [0.05, 0.1) is 0 Å². The highest BCUT2D eigenvalue weighted by Crippen LogP contribution is 2.31. The second-order valence-corrected chi connectivity index (χ2v) is 5.40. The van der Waals surface area contributed by atoms with Crippen LogP contribution < -0.4 is 0 Å². The van der Waals surface area contributed by atoms with E-state index >= 15 is 0 Å². The lowest BCUT2D eigenvalue weighted by Gasteiger charge is -2.12. The van der Waals surface area contributed by atoms with E-state index in [4.69, 9.17) is 0 Å². The number of rotatable bonds is 3. The van der Waals surface area contributed by atoms with Crippen LogP contribution in [-0.2, 0) is 6.42 Å². The van der Waals surface area contributed by atoms with E-state index in [1.165, 1.54) is 23.8 Å². The second kappa shape index (κ2) is 5.61. The molecule has 18 heavy (non-hydrogen) atoms. The summed E-state index contributed by atoms with van der Waals surface area (Å²) in [6.07, 6.45) is 0.554. The van der Waals surface area contributed by atoms with Gasteiger partial charge < -0.3 is 0 Å². The maximum absolute atomic E-state index is 13.6. The fraction of sp³-hybridized carbons (Fsp3) is 0.200. The highest BCUT2D eigenvalue weighted by atomic mass is 79.9. The first-order valence-electron chi connectivity index (χ1n) is 5.71. The molecule has 0 spiro atoms. The van der Waals surface area contributed by atoms with E-state index in [1.54, 1.807) is 0 Å². The van der Waals surface area contributed by atoms with Gasteiger partial charge in [-0.15, -0.1) is 0 Å². The quantitative estimate of drug-likeness (QED) is 0.703. The van der Waals surface area contributed by atoms with Gasteiger partial charge in [-0.2, -0.15) is 0 Å². The molecule has 0 N–H and O–H groups in total. The molecule has 1 unspecified atom stereocenters. The molecule has 94 valence electrons. The third-order valence-electron chi connectivity index (χ3n) is 2.85. The summed E-state index contributed by atoms with van der Waals surface area (Å²) < 4.78 is 27.2. The summed E-state index contributed by atoms with van der Waals surface area (Å²) in [5.41, 5.74) is 2.31. The highest BCUT2D eigenvalue weighted by molar-refractivity contribution is 9.09. The lowest BCUT2D eigenvalue weighted by atomic mass is 10.0. The lowest BCUT2D eigenvalue weighted by molar-refractivity contribution is 0.553. The molecule has 3 heteroatoms. The molecule has 0 nitrogen and oxygen atoms in total. The Morgan fingerprint density at radius 1 is 1.00 bits per heavy atom. The van der Waals surface area contributed by atoms with Crippen LogP contribution >= 0.6 is 15.9 Å². The summed E-state index contributed by atoms with van der Waals surface area (Å²) in [6, 6.07) is 11.9. The molecular formula is C15H13BrF2. The van der Waals surface area contributed by atoms with Gasteiger partial charge in [-0.05, 0) is 31.0 Å². The van der Waals surface area contributed by atoms with Crippen molar-refractivity contribution in [1.82, 2.24) is 0 Å². The summed E-state index contributed by atoms with van der Waals surface area (Å²) in [5, 5.41) is 0. The van der Waals surface area contributed by atoms with Gasteiger partial charge in [0, 0.05) is 10.4 Å². The standard InChI is InChI=1S/C15H13BrF2/c1-10-5-7-11(8-6-10)9-12(16)15-13(17)3-2-4-14(15)18/h2-8,12H,9H2,1H3. The number of hydrogen-bond donors (Lipinski definition) is 0. The average molecular weight is 311 g/mol. The third-order valence-corrected chi connectivity index (χ3v) is 3.63. The second-order valence-electron chi connectivity index (χ2n) is 4.29. The van der Waals surface area contributed by atoms with Gasteiger partial charge in [-0.3, -0.25) is 0 Å². The van der Waals surface area contributed by atoms with Crippen molar-refractivity contribution in [3.8, 4) is 0 Å². The van der Waals surface area contributed by atoms with E-state index in [-0.39, 0.29) is 10.4 Å². The van der Waals surface area contributed by atoms with Crippen LogP contribution in [0.3, 0.4) is 0 Å². The topological polar surface area (TPSA) is 0 Å². The fourth-order valence-corrected chi connectivity index (χ4v) is 2.65. The van der Waals surface area contributed by atoms with Gasteiger partial charge in [-0.25, -0.2) is 8.78 Å². The maximum atomic E-state index is 13.6. The molecule has 0 saturated heterocycles. The van der Waals surface area contributed by atoms with Gasteiger partial charge in [0.2, 0.25) is 0 Å². The molecule has 2 aromatic rings. The molecule has 0 fully saturated rings. The van der Waals surface area contributed by atoms with E-state index in [2.05, 4.69) is 15.9 Å². The molecule has 0 heterocycles. The average Bonchev–Trinajstić information content (AvgIpc) is 2.32. The fourth-order valence-electron chi connectivity index (χ4n) is 1.84. The first-order chi connectivity index (χ1) is 8.58. The Bertz CT molecular complexity index is 514. The van der Waals surface area contributed by atoms with Crippen molar-refractivity contribution in [3.63, 3.8) is 0 Å². The number of aryl methyl sites for hydroxylation is 1. The first-order valence-corrected chi connectivity index (χ1v) is 6.63.